The van der Waals surface area contributed by atoms with Crippen molar-refractivity contribution in [1.82, 2.24) is 0 Å². The molecule has 0 saturated carbocycles. The summed E-state index contributed by atoms with van der Waals surface area (Å²) in [6.07, 6.45) is 2.32. The summed E-state index contributed by atoms with van der Waals surface area (Å²) >= 11 is 0. The molecule has 27 heavy (non-hydrogen) atoms. The summed E-state index contributed by atoms with van der Waals surface area (Å²) in [7, 11) is 2.13. The highest BCUT2D eigenvalue weighted by molar-refractivity contribution is 5.91. The Labute approximate surface area is 159 Å². The van der Waals surface area contributed by atoms with Crippen LogP contribution in [0.15, 0.2) is 101 Å². The Kier molecular flexibility index (Phi) is 3.57. The monoisotopic (exact) mass is 352 g/mol. The van der Waals surface area contributed by atoms with Crippen molar-refractivity contribution in [1.29, 1.82) is 0 Å². The molecule has 0 saturated heterocycles. The van der Waals surface area contributed by atoms with Gasteiger partial charge in [0, 0.05) is 18.3 Å². The van der Waals surface area contributed by atoms with Crippen molar-refractivity contribution >= 4 is 16.9 Å². The zero-order valence-electron chi connectivity index (χ0n) is 15.2. The molecule has 3 aromatic carbocycles. The summed E-state index contributed by atoms with van der Waals surface area (Å²) in [6, 6.07) is 29.4. The predicted molar refractivity (Wildman–Crippen MR) is 110 cm³/mol. The molecule has 2 aliphatic heterocycles. The molecule has 4 heteroatoms. The van der Waals surface area contributed by atoms with Crippen LogP contribution in [0.5, 0.6) is 0 Å². The number of hydrogen-bond acceptors (Lipinski definition) is 4. The van der Waals surface area contributed by atoms with Crippen LogP contribution in [0.2, 0.25) is 0 Å². The highest BCUT2D eigenvalue weighted by Crippen LogP contribution is 2.45. The highest BCUT2D eigenvalue weighted by atomic mass is 15.7. The normalized spacial score (nSPS) is 20.7. The van der Waals surface area contributed by atoms with Gasteiger partial charge in [-0.2, -0.15) is 5.11 Å². The van der Waals surface area contributed by atoms with Crippen LogP contribution in [0, 0.1) is 0 Å². The van der Waals surface area contributed by atoms with E-state index in [2.05, 4.69) is 95.1 Å². The van der Waals surface area contributed by atoms with E-state index >= 15 is 0 Å². The second-order valence-corrected chi connectivity index (χ2v) is 6.92. The van der Waals surface area contributed by atoms with Crippen molar-refractivity contribution in [3.05, 3.63) is 102 Å². The summed E-state index contributed by atoms with van der Waals surface area (Å²) < 4.78 is 0. The van der Waals surface area contributed by atoms with Gasteiger partial charge in [0.05, 0.1) is 5.69 Å². The minimum Gasteiger partial charge on any atom is -0.345 e. The van der Waals surface area contributed by atoms with E-state index in [1.165, 1.54) is 22.4 Å². The number of nitrogens with zero attached hydrogens (tertiary/aromatic N) is 4. The molecule has 0 aromatic heterocycles. The Hall–Kier alpha value is -3.40. The van der Waals surface area contributed by atoms with E-state index < -0.39 is 5.66 Å². The number of para-hydroxylation sites is 2. The molecule has 0 unspecified atom stereocenters. The molecule has 1 spiro atoms. The van der Waals surface area contributed by atoms with Crippen molar-refractivity contribution in [2.75, 3.05) is 23.5 Å². The zero-order valence-corrected chi connectivity index (χ0v) is 15.2. The van der Waals surface area contributed by atoms with E-state index in [4.69, 9.17) is 0 Å². The Morgan fingerprint density at radius 1 is 0.815 bits per heavy atom. The van der Waals surface area contributed by atoms with Crippen LogP contribution >= 0.6 is 0 Å². The van der Waals surface area contributed by atoms with Crippen molar-refractivity contribution in [3.8, 4) is 0 Å². The van der Waals surface area contributed by atoms with Crippen molar-refractivity contribution in [2.24, 2.45) is 10.3 Å². The summed E-state index contributed by atoms with van der Waals surface area (Å²) in [6.45, 7) is 0.586. The SMILES string of the molecule is CN1c2ccccc2C(c2ccccc2)=C[C@@]12CN=NN2c1ccccc1. The van der Waals surface area contributed by atoms with Crippen LogP contribution in [0.25, 0.3) is 5.57 Å². The molecule has 4 nitrogen and oxygen atoms in total. The van der Waals surface area contributed by atoms with Crippen LogP contribution in [0.1, 0.15) is 11.1 Å². The molecule has 0 radical (unpaired) electrons. The van der Waals surface area contributed by atoms with Gasteiger partial charge in [-0.15, -0.1) is 0 Å². The average molecular weight is 352 g/mol. The summed E-state index contributed by atoms with van der Waals surface area (Å²) in [5.74, 6) is 0. The zero-order chi connectivity index (χ0) is 18.3. The fourth-order valence-electron chi connectivity index (χ4n) is 4.01. The van der Waals surface area contributed by atoms with Gasteiger partial charge in [0.25, 0.3) is 0 Å². The average Bonchev–Trinajstić information content (AvgIpc) is 3.16. The first-order valence-electron chi connectivity index (χ1n) is 9.14. The molecular weight excluding hydrogens is 332 g/mol. The molecule has 2 heterocycles. The number of benzene rings is 3. The minimum atomic E-state index is -0.457. The third-order valence-corrected chi connectivity index (χ3v) is 5.42. The van der Waals surface area contributed by atoms with E-state index in [0.29, 0.717) is 6.54 Å². The van der Waals surface area contributed by atoms with E-state index in [9.17, 15) is 0 Å². The Balaban J connectivity index is 1.73. The van der Waals surface area contributed by atoms with Gasteiger partial charge in [0.1, 0.15) is 6.54 Å². The van der Waals surface area contributed by atoms with Gasteiger partial charge in [0.2, 0.25) is 0 Å². The van der Waals surface area contributed by atoms with E-state index in [-0.39, 0.29) is 0 Å². The summed E-state index contributed by atoms with van der Waals surface area (Å²) in [4.78, 5) is 2.29. The molecule has 0 bridgehead atoms. The molecule has 0 amide bonds. The van der Waals surface area contributed by atoms with Gasteiger partial charge in [-0.05, 0) is 35.4 Å². The first-order chi connectivity index (χ1) is 13.3. The van der Waals surface area contributed by atoms with E-state index in [1.807, 2.05) is 23.2 Å². The molecule has 1 atom stereocenters. The Bertz CT molecular complexity index is 1030. The number of anilines is 2. The largest absolute Gasteiger partial charge is 0.345 e. The molecule has 0 N–H and O–H groups in total. The third kappa shape index (κ3) is 2.37. The Morgan fingerprint density at radius 2 is 1.48 bits per heavy atom. The second kappa shape index (κ2) is 6.09. The third-order valence-electron chi connectivity index (χ3n) is 5.42. The molecule has 3 aromatic rings. The topological polar surface area (TPSA) is 31.2 Å². The van der Waals surface area contributed by atoms with Crippen molar-refractivity contribution in [2.45, 2.75) is 5.66 Å². The standard InChI is InChI=1S/C23H20N4/c1-26-22-15-9-8-14-20(22)21(18-10-4-2-5-11-18)16-23(26)17-24-25-27(23)19-12-6-3-7-13-19/h2-16H,17H2,1H3/t23-/m1/s1. The van der Waals surface area contributed by atoms with Crippen LogP contribution in [0.3, 0.4) is 0 Å². The first kappa shape index (κ1) is 15.8. The highest BCUT2D eigenvalue weighted by Gasteiger charge is 2.47. The Morgan fingerprint density at radius 3 is 2.26 bits per heavy atom. The lowest BCUT2D eigenvalue weighted by Crippen LogP contribution is -2.58. The molecule has 0 fully saturated rings. The van der Waals surface area contributed by atoms with E-state index in [0.717, 1.165) is 5.69 Å². The number of rotatable bonds is 2. The fraction of sp³-hybridized carbons (Fsp3) is 0.130. The van der Waals surface area contributed by atoms with Crippen molar-refractivity contribution in [3.63, 3.8) is 0 Å². The van der Waals surface area contributed by atoms with Crippen LogP contribution in [0.4, 0.5) is 11.4 Å². The van der Waals surface area contributed by atoms with Gasteiger partial charge in [0.15, 0.2) is 5.66 Å². The van der Waals surface area contributed by atoms with Crippen molar-refractivity contribution < 1.29 is 0 Å². The van der Waals surface area contributed by atoms with E-state index in [1.54, 1.807) is 0 Å². The maximum atomic E-state index is 4.51. The number of fused-ring (bicyclic) bond motifs is 1. The van der Waals surface area contributed by atoms with Gasteiger partial charge < -0.3 is 4.90 Å². The van der Waals surface area contributed by atoms with Gasteiger partial charge in [-0.1, -0.05) is 72.0 Å². The molecule has 2 aliphatic rings. The summed E-state index contributed by atoms with van der Waals surface area (Å²) in [5.41, 5.74) is 5.42. The first-order valence-corrected chi connectivity index (χ1v) is 9.14. The second-order valence-electron chi connectivity index (χ2n) is 6.92. The quantitative estimate of drug-likeness (QED) is 0.638. The van der Waals surface area contributed by atoms with Crippen LogP contribution in [-0.4, -0.2) is 19.3 Å². The lowest BCUT2D eigenvalue weighted by Gasteiger charge is -2.46. The molecular formula is C23H20N4. The minimum absolute atomic E-state index is 0.457. The van der Waals surface area contributed by atoms with Gasteiger partial charge in [-0.3, -0.25) is 0 Å². The van der Waals surface area contributed by atoms with Gasteiger partial charge in [-0.25, -0.2) is 5.01 Å². The lowest BCUT2D eigenvalue weighted by molar-refractivity contribution is 0.527. The smallest absolute Gasteiger partial charge is 0.177 e. The van der Waals surface area contributed by atoms with Crippen LogP contribution in [-0.2, 0) is 0 Å². The fourth-order valence-corrected chi connectivity index (χ4v) is 4.01. The summed E-state index contributed by atoms with van der Waals surface area (Å²) in [5, 5.41) is 11.0. The predicted octanol–water partition coefficient (Wildman–Crippen LogP) is 5.15. The number of hydrogen-bond donors (Lipinski definition) is 0. The molecule has 5 rings (SSSR count). The molecule has 132 valence electrons. The van der Waals surface area contributed by atoms with Gasteiger partial charge >= 0.3 is 0 Å². The lowest BCUT2D eigenvalue weighted by atomic mass is 9.87. The molecule has 0 aliphatic carbocycles. The maximum absolute atomic E-state index is 4.51. The number of likely N-dealkylation sites (N-methyl/N-ethyl adjacent to an activating group) is 1. The van der Waals surface area contributed by atoms with Crippen LogP contribution < -0.4 is 9.91 Å². The maximum Gasteiger partial charge on any atom is 0.177 e.